The number of hydrogen-bond acceptors (Lipinski definition) is 3. The second kappa shape index (κ2) is 1.53. The van der Waals surface area contributed by atoms with Crippen LogP contribution < -0.4 is 0 Å². The summed E-state index contributed by atoms with van der Waals surface area (Å²) in [6.07, 6.45) is -11.8. The van der Waals surface area contributed by atoms with Crippen molar-refractivity contribution >= 4 is 6.16 Å². The maximum atomic E-state index is 11.7. The van der Waals surface area contributed by atoms with Gasteiger partial charge in [-0.25, -0.2) is 4.79 Å². The van der Waals surface area contributed by atoms with Crippen molar-refractivity contribution in [1.82, 2.24) is 0 Å². The lowest BCUT2D eigenvalue weighted by molar-refractivity contribution is -0.344. The third-order valence-electron chi connectivity index (χ3n) is 0.762. The van der Waals surface area contributed by atoms with E-state index < -0.39 is 18.4 Å². The van der Waals surface area contributed by atoms with Crippen molar-refractivity contribution in [3.8, 4) is 0 Å². The minimum absolute atomic E-state index is 2.07. The van der Waals surface area contributed by atoms with Gasteiger partial charge in [0.15, 0.2) is 0 Å². The van der Waals surface area contributed by atoms with Gasteiger partial charge in [0.05, 0.1) is 0 Å². The Bertz CT molecular complexity index is 159. The molecule has 0 aromatic heterocycles. The van der Waals surface area contributed by atoms with Crippen molar-refractivity contribution in [1.29, 1.82) is 0 Å². The number of cyclic esters (lactones) is 2. The van der Waals surface area contributed by atoms with E-state index in [0.29, 0.717) is 0 Å². The first-order valence-corrected chi connectivity index (χ1v) is 2.03. The number of hydrogen-bond donors (Lipinski definition) is 0. The van der Waals surface area contributed by atoms with Crippen LogP contribution in [0.15, 0.2) is 0 Å². The van der Waals surface area contributed by atoms with Crippen LogP contribution in [0.1, 0.15) is 0 Å². The molecule has 0 aromatic rings. The summed E-state index contributed by atoms with van der Waals surface area (Å²) >= 11 is 0. The van der Waals surface area contributed by atoms with E-state index in [1.165, 1.54) is 0 Å². The number of carbonyl (C=O) groups excluding carboxylic acids is 1. The Labute approximate surface area is 51.5 Å². The van der Waals surface area contributed by atoms with E-state index in [0.717, 1.165) is 0 Å². The third kappa shape index (κ3) is 0.775. The van der Waals surface area contributed by atoms with E-state index in [1.807, 2.05) is 0 Å². The highest BCUT2D eigenvalue weighted by Gasteiger charge is 2.70. The molecule has 0 amide bonds. The Kier molecular flexibility index (Phi) is 1.08. The molecular formula is C3F4O3. The molecule has 1 aliphatic heterocycles. The highest BCUT2D eigenvalue weighted by atomic mass is 19.3. The topological polar surface area (TPSA) is 35.5 Å². The Morgan fingerprint density at radius 2 is 1.30 bits per heavy atom. The van der Waals surface area contributed by atoms with Crippen molar-refractivity contribution in [2.24, 2.45) is 0 Å². The zero-order valence-electron chi connectivity index (χ0n) is 4.24. The smallest absolute Gasteiger partial charge is 0.360 e. The number of rotatable bonds is 0. The van der Waals surface area contributed by atoms with E-state index in [1.54, 1.807) is 0 Å². The Morgan fingerprint density at radius 3 is 1.40 bits per heavy atom. The summed E-state index contributed by atoms with van der Waals surface area (Å²) in [5, 5.41) is 0. The van der Waals surface area contributed by atoms with Gasteiger partial charge in [-0.2, -0.15) is 17.6 Å². The van der Waals surface area contributed by atoms with Gasteiger partial charge in [0, 0.05) is 0 Å². The minimum Gasteiger partial charge on any atom is -0.360 e. The maximum Gasteiger partial charge on any atom is 0.518 e. The number of carbonyl (C=O) groups is 1. The molecule has 0 aliphatic carbocycles. The fourth-order valence-electron chi connectivity index (χ4n) is 0.349. The van der Waals surface area contributed by atoms with Crippen LogP contribution in [0.4, 0.5) is 22.4 Å². The van der Waals surface area contributed by atoms with Crippen molar-refractivity contribution in [2.45, 2.75) is 12.2 Å². The Balaban J connectivity index is 2.88. The van der Waals surface area contributed by atoms with E-state index in [9.17, 15) is 22.4 Å². The van der Waals surface area contributed by atoms with Crippen molar-refractivity contribution in [3.63, 3.8) is 0 Å². The monoisotopic (exact) mass is 160 g/mol. The van der Waals surface area contributed by atoms with Crippen LogP contribution in [-0.2, 0) is 9.47 Å². The maximum absolute atomic E-state index is 11.7. The standard InChI is InChI=1S/C3F4O3/c4-2(5)3(6,7)10-1(8)9-2. The van der Waals surface area contributed by atoms with Crippen molar-refractivity contribution < 1.29 is 31.8 Å². The third-order valence-corrected chi connectivity index (χ3v) is 0.762. The summed E-state index contributed by atoms with van der Waals surface area (Å²) in [5.74, 6) is 0. The average molecular weight is 160 g/mol. The van der Waals surface area contributed by atoms with Crippen molar-refractivity contribution in [3.05, 3.63) is 0 Å². The molecule has 7 heteroatoms. The van der Waals surface area contributed by atoms with Crippen LogP contribution in [0, 0.1) is 0 Å². The van der Waals surface area contributed by atoms with Gasteiger partial charge >= 0.3 is 18.4 Å². The first kappa shape index (κ1) is 7.10. The summed E-state index contributed by atoms with van der Waals surface area (Å²) in [7, 11) is 0. The molecule has 1 heterocycles. The first-order valence-electron chi connectivity index (χ1n) is 2.03. The van der Waals surface area contributed by atoms with E-state index >= 15 is 0 Å². The quantitative estimate of drug-likeness (QED) is 0.396. The summed E-state index contributed by atoms with van der Waals surface area (Å²) in [5.41, 5.74) is 0. The number of ether oxygens (including phenoxy) is 2. The molecule has 3 nitrogen and oxygen atoms in total. The van der Waals surface area contributed by atoms with E-state index in [-0.39, 0.29) is 0 Å². The molecule has 0 radical (unpaired) electrons. The lowest BCUT2D eigenvalue weighted by Crippen LogP contribution is -2.36. The molecule has 0 spiro atoms. The molecule has 0 atom stereocenters. The summed E-state index contributed by atoms with van der Waals surface area (Å²) in [4.78, 5) is 9.67. The number of halogens is 4. The van der Waals surface area contributed by atoms with Gasteiger partial charge in [0.2, 0.25) is 0 Å². The lowest BCUT2D eigenvalue weighted by atomic mass is 10.6. The summed E-state index contributed by atoms with van der Waals surface area (Å²) in [6.45, 7) is 0. The van der Waals surface area contributed by atoms with E-state index in [2.05, 4.69) is 9.47 Å². The molecular weight excluding hydrogens is 160 g/mol. The van der Waals surface area contributed by atoms with Crippen molar-refractivity contribution in [2.75, 3.05) is 0 Å². The van der Waals surface area contributed by atoms with Crippen LogP contribution in [0.2, 0.25) is 0 Å². The molecule has 0 N–H and O–H groups in total. The summed E-state index contributed by atoms with van der Waals surface area (Å²) in [6, 6.07) is 0. The minimum atomic E-state index is -4.84. The Hall–Kier alpha value is -1.01. The highest BCUT2D eigenvalue weighted by molar-refractivity contribution is 5.62. The predicted octanol–water partition coefficient (Wildman–Crippen LogP) is 1.34. The van der Waals surface area contributed by atoms with Crippen LogP contribution in [0.3, 0.4) is 0 Å². The van der Waals surface area contributed by atoms with Gasteiger partial charge in [0.1, 0.15) is 0 Å². The largest absolute Gasteiger partial charge is 0.518 e. The SMILES string of the molecule is O=C1OC(F)(F)C(F)(F)O1. The molecule has 1 aliphatic rings. The van der Waals surface area contributed by atoms with Crippen LogP contribution in [0.5, 0.6) is 0 Å². The fourth-order valence-corrected chi connectivity index (χ4v) is 0.349. The molecule has 0 saturated carbocycles. The van der Waals surface area contributed by atoms with Crippen LogP contribution in [-0.4, -0.2) is 18.4 Å². The van der Waals surface area contributed by atoms with Crippen LogP contribution in [0.25, 0.3) is 0 Å². The molecule has 1 saturated heterocycles. The molecule has 10 heavy (non-hydrogen) atoms. The second-order valence-electron chi connectivity index (χ2n) is 1.49. The molecule has 0 unspecified atom stereocenters. The molecule has 0 bridgehead atoms. The van der Waals surface area contributed by atoms with Gasteiger partial charge in [-0.05, 0) is 0 Å². The lowest BCUT2D eigenvalue weighted by Gasteiger charge is -2.09. The molecule has 1 fully saturated rings. The number of alkyl halides is 4. The van der Waals surface area contributed by atoms with Gasteiger partial charge in [0.25, 0.3) is 0 Å². The Morgan fingerprint density at radius 1 is 1.00 bits per heavy atom. The van der Waals surface area contributed by atoms with Gasteiger partial charge in [-0.15, -0.1) is 0 Å². The summed E-state index contributed by atoms with van der Waals surface area (Å²) < 4.78 is 52.3. The molecule has 1 rings (SSSR count). The van der Waals surface area contributed by atoms with E-state index in [4.69, 9.17) is 0 Å². The zero-order chi connectivity index (χ0) is 7.99. The van der Waals surface area contributed by atoms with Gasteiger partial charge in [-0.3, -0.25) is 0 Å². The van der Waals surface area contributed by atoms with Gasteiger partial charge < -0.3 is 9.47 Å². The van der Waals surface area contributed by atoms with Crippen LogP contribution >= 0.6 is 0 Å². The highest BCUT2D eigenvalue weighted by Crippen LogP contribution is 2.41. The first-order chi connectivity index (χ1) is 4.35. The van der Waals surface area contributed by atoms with Gasteiger partial charge in [-0.1, -0.05) is 0 Å². The average Bonchev–Trinajstić information content (AvgIpc) is 1.73. The molecule has 58 valence electrons. The fraction of sp³-hybridized carbons (Fsp3) is 0.667. The predicted molar refractivity (Wildman–Crippen MR) is 17.5 cm³/mol. The zero-order valence-corrected chi connectivity index (χ0v) is 4.24. The normalized spacial score (nSPS) is 27.4. The second-order valence-corrected chi connectivity index (χ2v) is 1.49. The molecule has 0 aromatic carbocycles.